The lowest BCUT2D eigenvalue weighted by molar-refractivity contribution is 0.0642. The first-order chi connectivity index (χ1) is 17.5. The largest absolute Gasteiger partial charge is 0.493 e. The monoisotopic (exact) mass is 507 g/mol. The highest BCUT2D eigenvalue weighted by atomic mass is 32.1. The van der Waals surface area contributed by atoms with Crippen molar-refractivity contribution >= 4 is 28.8 Å². The molecule has 1 fully saturated rings. The summed E-state index contributed by atoms with van der Waals surface area (Å²) in [5, 5.41) is 3.92. The van der Waals surface area contributed by atoms with E-state index in [1.165, 1.54) is 4.90 Å². The van der Waals surface area contributed by atoms with E-state index in [4.69, 9.17) is 14.2 Å². The van der Waals surface area contributed by atoms with E-state index in [1.807, 2.05) is 41.1 Å². The van der Waals surface area contributed by atoms with Gasteiger partial charge in [0, 0.05) is 38.3 Å². The summed E-state index contributed by atoms with van der Waals surface area (Å²) in [4.78, 5) is 32.3. The van der Waals surface area contributed by atoms with Crippen LogP contribution in [0.25, 0.3) is 0 Å². The Morgan fingerprint density at radius 1 is 0.833 bits per heavy atom. The van der Waals surface area contributed by atoms with Gasteiger partial charge in [0.25, 0.3) is 11.8 Å². The summed E-state index contributed by atoms with van der Waals surface area (Å²) >= 11 is 1.56. The summed E-state index contributed by atoms with van der Waals surface area (Å²) in [5.41, 5.74) is 3.84. The van der Waals surface area contributed by atoms with Crippen molar-refractivity contribution in [3.05, 3.63) is 69.4 Å². The molecule has 0 N–H and O–H groups in total. The van der Waals surface area contributed by atoms with Crippen LogP contribution < -0.4 is 19.1 Å². The van der Waals surface area contributed by atoms with Crippen LogP contribution in [0.1, 0.15) is 31.8 Å². The van der Waals surface area contributed by atoms with Crippen molar-refractivity contribution in [3.8, 4) is 17.2 Å². The Labute approximate surface area is 214 Å². The molecule has 2 aliphatic heterocycles. The fourth-order valence-corrected chi connectivity index (χ4v) is 5.62. The highest BCUT2D eigenvalue weighted by Gasteiger charge is 2.38. The quantitative estimate of drug-likeness (QED) is 0.429. The fraction of sp³-hybridized carbons (Fsp3) is 0.333. The van der Waals surface area contributed by atoms with E-state index in [0.717, 1.165) is 43.0 Å². The molecule has 0 aliphatic carbocycles. The number of thiophene rings is 1. The maximum Gasteiger partial charge on any atom is 0.263 e. The van der Waals surface area contributed by atoms with Gasteiger partial charge in [0.15, 0.2) is 11.5 Å². The Balaban J connectivity index is 1.30. The number of hydrogen-bond donors (Lipinski definition) is 0. The minimum atomic E-state index is -0.220. The summed E-state index contributed by atoms with van der Waals surface area (Å²) in [6, 6.07) is 11.4. The zero-order valence-electron chi connectivity index (χ0n) is 20.7. The van der Waals surface area contributed by atoms with Gasteiger partial charge in [-0.3, -0.25) is 19.4 Å². The minimum absolute atomic E-state index is 0.214. The van der Waals surface area contributed by atoms with Crippen LogP contribution in [0.4, 0.5) is 5.69 Å². The molecule has 0 unspecified atom stereocenters. The number of methoxy groups -OCH3 is 3. The van der Waals surface area contributed by atoms with E-state index in [2.05, 4.69) is 9.80 Å². The van der Waals surface area contributed by atoms with E-state index < -0.39 is 0 Å². The van der Waals surface area contributed by atoms with Gasteiger partial charge >= 0.3 is 0 Å². The Morgan fingerprint density at radius 2 is 1.61 bits per heavy atom. The molecule has 1 aromatic heterocycles. The highest BCUT2D eigenvalue weighted by Crippen LogP contribution is 2.40. The van der Waals surface area contributed by atoms with Gasteiger partial charge in [0.05, 0.1) is 44.7 Å². The molecule has 1 saturated heterocycles. The normalized spacial score (nSPS) is 15.9. The minimum Gasteiger partial charge on any atom is -0.493 e. The first-order valence-electron chi connectivity index (χ1n) is 11.8. The third kappa shape index (κ3) is 4.29. The molecule has 3 aromatic rings. The molecule has 0 spiro atoms. The summed E-state index contributed by atoms with van der Waals surface area (Å²) in [6.45, 7) is 4.12. The van der Waals surface area contributed by atoms with Crippen LogP contribution in [0.15, 0.2) is 47.2 Å². The number of hydrogen-bond acceptors (Lipinski definition) is 8. The van der Waals surface area contributed by atoms with Gasteiger partial charge in [-0.25, -0.2) is 0 Å². The van der Waals surface area contributed by atoms with Crippen molar-refractivity contribution in [1.29, 1.82) is 0 Å². The molecule has 188 valence electrons. The summed E-state index contributed by atoms with van der Waals surface area (Å²) in [7, 11) is 4.85. The van der Waals surface area contributed by atoms with Crippen molar-refractivity contribution in [2.45, 2.75) is 13.1 Å². The lowest BCUT2D eigenvalue weighted by Crippen LogP contribution is -2.46. The van der Waals surface area contributed by atoms with Gasteiger partial charge in [-0.15, -0.1) is 0 Å². The number of anilines is 1. The number of benzene rings is 2. The molecule has 9 heteroatoms. The van der Waals surface area contributed by atoms with Crippen LogP contribution >= 0.6 is 11.3 Å². The van der Waals surface area contributed by atoms with Crippen molar-refractivity contribution in [2.24, 2.45) is 0 Å². The first kappa shape index (κ1) is 24.1. The van der Waals surface area contributed by atoms with Gasteiger partial charge < -0.3 is 19.1 Å². The molecule has 2 aliphatic rings. The number of ether oxygens (including phenoxy) is 3. The van der Waals surface area contributed by atoms with E-state index in [9.17, 15) is 9.59 Å². The van der Waals surface area contributed by atoms with Crippen LogP contribution in [-0.2, 0) is 13.1 Å². The summed E-state index contributed by atoms with van der Waals surface area (Å²) in [5.74, 6) is 1.46. The second-order valence-electron chi connectivity index (χ2n) is 8.78. The molecule has 36 heavy (non-hydrogen) atoms. The zero-order valence-corrected chi connectivity index (χ0v) is 21.5. The zero-order chi connectivity index (χ0) is 25.2. The Morgan fingerprint density at radius 3 is 2.28 bits per heavy atom. The van der Waals surface area contributed by atoms with Crippen LogP contribution in [0.2, 0.25) is 0 Å². The van der Waals surface area contributed by atoms with Gasteiger partial charge in [-0.05, 0) is 40.6 Å². The van der Waals surface area contributed by atoms with E-state index in [1.54, 1.807) is 38.7 Å². The van der Waals surface area contributed by atoms with E-state index in [0.29, 0.717) is 41.5 Å². The van der Waals surface area contributed by atoms with E-state index in [-0.39, 0.29) is 11.8 Å². The number of nitrogens with zero attached hydrogens (tertiary/aromatic N) is 3. The Kier molecular flexibility index (Phi) is 6.84. The molecule has 0 bridgehead atoms. The summed E-state index contributed by atoms with van der Waals surface area (Å²) < 4.78 is 16.6. The first-order valence-corrected chi connectivity index (χ1v) is 12.8. The van der Waals surface area contributed by atoms with Gasteiger partial charge in [-0.1, -0.05) is 12.1 Å². The molecular weight excluding hydrogens is 478 g/mol. The molecule has 2 amide bonds. The van der Waals surface area contributed by atoms with E-state index >= 15 is 0 Å². The topological polar surface area (TPSA) is 71.6 Å². The van der Waals surface area contributed by atoms with Crippen LogP contribution in [0, 0.1) is 0 Å². The summed E-state index contributed by atoms with van der Waals surface area (Å²) in [6.07, 6.45) is 0. The van der Waals surface area contributed by atoms with Crippen molar-refractivity contribution in [2.75, 3.05) is 52.4 Å². The predicted octanol–water partition coefficient (Wildman–Crippen LogP) is 3.89. The van der Waals surface area contributed by atoms with Crippen molar-refractivity contribution < 1.29 is 23.8 Å². The molecule has 8 nitrogen and oxygen atoms in total. The highest BCUT2D eigenvalue weighted by molar-refractivity contribution is 7.07. The average Bonchev–Trinajstić information content (AvgIpc) is 3.51. The van der Waals surface area contributed by atoms with Gasteiger partial charge in [0.2, 0.25) is 5.75 Å². The van der Waals surface area contributed by atoms with Crippen LogP contribution in [0.3, 0.4) is 0 Å². The third-order valence-electron chi connectivity index (χ3n) is 6.79. The number of amides is 2. The molecule has 5 rings (SSSR count). The molecule has 0 radical (unpaired) electrons. The predicted molar refractivity (Wildman–Crippen MR) is 139 cm³/mol. The van der Waals surface area contributed by atoms with Gasteiger partial charge in [-0.2, -0.15) is 11.3 Å². The Hall–Kier alpha value is -3.56. The third-order valence-corrected chi connectivity index (χ3v) is 7.52. The molecular formula is C27H29N3O5S. The van der Waals surface area contributed by atoms with Crippen molar-refractivity contribution in [3.63, 3.8) is 0 Å². The number of carbonyl (C=O) groups excluding carboxylic acids is 2. The van der Waals surface area contributed by atoms with Crippen LogP contribution in [0.5, 0.6) is 17.2 Å². The lowest BCUT2D eigenvalue weighted by Gasteiger charge is -2.37. The van der Waals surface area contributed by atoms with Crippen molar-refractivity contribution in [1.82, 2.24) is 9.80 Å². The molecule has 2 aromatic carbocycles. The maximum atomic E-state index is 13.3. The SMILES string of the molecule is COc1ccc(CN2CCN(c3cccc4c3C(=O)N(Cc3ccsc3)C4=O)CC2)c(OC)c1OC. The number of rotatable bonds is 8. The number of fused-ring (bicyclic) bond motifs is 1. The van der Waals surface area contributed by atoms with Crippen LogP contribution in [-0.4, -0.2) is 69.1 Å². The Bertz CT molecular complexity index is 1270. The maximum absolute atomic E-state index is 13.3. The standard InChI is InChI=1S/C27H29N3O5S/c1-33-22-8-7-19(24(34-2)25(22)35-3)16-28-10-12-29(13-11-28)21-6-4-5-20-23(21)27(32)30(26(20)31)15-18-9-14-36-17-18/h4-9,14,17H,10-13,15-16H2,1-3H3. The number of imide groups is 1. The molecule has 3 heterocycles. The lowest BCUT2D eigenvalue weighted by atomic mass is 10.1. The average molecular weight is 508 g/mol. The molecule has 0 atom stereocenters. The molecule has 0 saturated carbocycles. The van der Waals surface area contributed by atoms with Gasteiger partial charge in [0.1, 0.15) is 0 Å². The number of piperazine rings is 1. The fourth-order valence-electron chi connectivity index (χ4n) is 4.96. The second-order valence-corrected chi connectivity index (χ2v) is 9.56. The number of carbonyl (C=O) groups is 2. The smallest absolute Gasteiger partial charge is 0.263 e. The second kappa shape index (κ2) is 10.2.